The first kappa shape index (κ1) is 22.2. The number of para-hydroxylation sites is 3. The van der Waals surface area contributed by atoms with E-state index < -0.39 is 0 Å². The topological polar surface area (TPSA) is 56.8 Å². The molecule has 0 spiro atoms. The van der Waals surface area contributed by atoms with Crippen molar-refractivity contribution in [2.45, 2.75) is 32.8 Å². The summed E-state index contributed by atoms with van der Waals surface area (Å²) < 4.78 is 17.0. The van der Waals surface area contributed by atoms with Gasteiger partial charge in [-0.3, -0.25) is 4.79 Å². The molecular weight excluding hydrogens is 390 g/mol. The molecular formula is C26H29NO4. The first-order valence-corrected chi connectivity index (χ1v) is 10.2. The van der Waals surface area contributed by atoms with E-state index in [0.717, 1.165) is 16.9 Å². The molecule has 0 saturated heterocycles. The molecule has 0 unspecified atom stereocenters. The number of benzene rings is 3. The number of anilines is 1. The second-order valence-electron chi connectivity index (χ2n) is 8.22. The molecule has 0 fully saturated rings. The van der Waals surface area contributed by atoms with Gasteiger partial charge in [0.25, 0.3) is 5.91 Å². The Kier molecular flexibility index (Phi) is 6.85. The van der Waals surface area contributed by atoms with Crippen LogP contribution in [0.4, 0.5) is 5.69 Å². The largest absolute Gasteiger partial charge is 0.496 e. The fourth-order valence-electron chi connectivity index (χ4n) is 3.34. The van der Waals surface area contributed by atoms with Gasteiger partial charge >= 0.3 is 0 Å². The maximum atomic E-state index is 12.8. The highest BCUT2D eigenvalue weighted by molar-refractivity contribution is 6.05. The van der Waals surface area contributed by atoms with Gasteiger partial charge in [-0.2, -0.15) is 0 Å². The van der Waals surface area contributed by atoms with Crippen molar-refractivity contribution in [1.82, 2.24) is 0 Å². The van der Waals surface area contributed by atoms with Crippen molar-refractivity contribution in [3.8, 4) is 17.2 Å². The molecule has 1 amide bonds. The fourth-order valence-corrected chi connectivity index (χ4v) is 3.34. The SMILES string of the molecule is COc1ccc(C(=O)Nc2ccccc2OC)cc1COc1ccccc1C(C)(C)C. The molecule has 1 N–H and O–H groups in total. The first-order chi connectivity index (χ1) is 14.8. The number of methoxy groups -OCH3 is 2. The van der Waals surface area contributed by atoms with Gasteiger partial charge in [0, 0.05) is 11.1 Å². The first-order valence-electron chi connectivity index (χ1n) is 10.2. The molecule has 3 aromatic rings. The van der Waals surface area contributed by atoms with Gasteiger partial charge in [0.05, 0.1) is 19.9 Å². The van der Waals surface area contributed by atoms with E-state index in [-0.39, 0.29) is 17.9 Å². The number of carbonyl (C=O) groups is 1. The third-order valence-corrected chi connectivity index (χ3v) is 4.98. The number of rotatable bonds is 7. The summed E-state index contributed by atoms with van der Waals surface area (Å²) in [4.78, 5) is 12.8. The predicted octanol–water partition coefficient (Wildman–Crippen LogP) is 5.83. The van der Waals surface area contributed by atoms with Crippen LogP contribution in [0.25, 0.3) is 0 Å². The van der Waals surface area contributed by atoms with Crippen molar-refractivity contribution in [1.29, 1.82) is 0 Å². The van der Waals surface area contributed by atoms with Crippen LogP contribution in [0.1, 0.15) is 42.3 Å². The van der Waals surface area contributed by atoms with Crippen molar-refractivity contribution in [2.75, 3.05) is 19.5 Å². The summed E-state index contributed by atoms with van der Waals surface area (Å²) in [5, 5.41) is 2.90. The van der Waals surface area contributed by atoms with E-state index in [0.29, 0.717) is 22.7 Å². The van der Waals surface area contributed by atoms with Crippen molar-refractivity contribution in [3.63, 3.8) is 0 Å². The summed E-state index contributed by atoms with van der Waals surface area (Å²) in [6, 6.07) is 20.6. The highest BCUT2D eigenvalue weighted by Gasteiger charge is 2.19. The zero-order valence-electron chi connectivity index (χ0n) is 18.7. The van der Waals surface area contributed by atoms with Crippen LogP contribution in [0.5, 0.6) is 17.2 Å². The smallest absolute Gasteiger partial charge is 0.255 e. The molecule has 31 heavy (non-hydrogen) atoms. The fraction of sp³-hybridized carbons (Fsp3) is 0.269. The second kappa shape index (κ2) is 9.56. The normalized spacial score (nSPS) is 11.0. The van der Waals surface area contributed by atoms with Crippen LogP contribution >= 0.6 is 0 Å². The average molecular weight is 420 g/mol. The van der Waals surface area contributed by atoms with E-state index in [1.165, 1.54) is 0 Å². The van der Waals surface area contributed by atoms with E-state index in [1.54, 1.807) is 44.6 Å². The predicted molar refractivity (Wildman–Crippen MR) is 123 cm³/mol. The molecule has 0 aromatic heterocycles. The summed E-state index contributed by atoms with van der Waals surface area (Å²) >= 11 is 0. The van der Waals surface area contributed by atoms with Crippen LogP contribution in [0, 0.1) is 0 Å². The van der Waals surface area contributed by atoms with E-state index in [4.69, 9.17) is 14.2 Å². The van der Waals surface area contributed by atoms with Crippen LogP contribution in [0.15, 0.2) is 66.7 Å². The molecule has 0 saturated carbocycles. The van der Waals surface area contributed by atoms with E-state index >= 15 is 0 Å². The lowest BCUT2D eigenvalue weighted by atomic mass is 9.86. The summed E-state index contributed by atoms with van der Waals surface area (Å²) in [7, 11) is 3.18. The third kappa shape index (κ3) is 5.37. The number of carbonyl (C=O) groups excluding carboxylic acids is 1. The molecule has 0 aliphatic rings. The lowest BCUT2D eigenvalue weighted by Crippen LogP contribution is -2.14. The minimum atomic E-state index is -0.233. The Morgan fingerprint density at radius 1 is 0.839 bits per heavy atom. The Morgan fingerprint density at radius 3 is 2.16 bits per heavy atom. The number of nitrogens with one attached hydrogen (secondary N) is 1. The molecule has 0 heterocycles. The van der Waals surface area contributed by atoms with Crippen LogP contribution in [0.3, 0.4) is 0 Å². The van der Waals surface area contributed by atoms with Crippen molar-refractivity contribution < 1.29 is 19.0 Å². The standard InChI is InChI=1S/C26H29NO4/c1-26(2,3)20-10-6-8-12-23(20)31-17-19-16-18(14-15-22(19)29-4)25(28)27-21-11-7-9-13-24(21)30-5/h6-16H,17H2,1-5H3,(H,27,28). The second-order valence-corrected chi connectivity index (χ2v) is 8.22. The Balaban J connectivity index is 1.82. The number of amides is 1. The van der Waals surface area contributed by atoms with Gasteiger partial charge in [-0.1, -0.05) is 51.1 Å². The van der Waals surface area contributed by atoms with Crippen molar-refractivity contribution >= 4 is 11.6 Å². The Bertz CT molecular complexity index is 1050. The lowest BCUT2D eigenvalue weighted by molar-refractivity contribution is 0.102. The van der Waals surface area contributed by atoms with E-state index in [1.807, 2.05) is 30.3 Å². The molecule has 162 valence electrons. The minimum absolute atomic E-state index is 0.0445. The van der Waals surface area contributed by atoms with Crippen molar-refractivity contribution in [2.24, 2.45) is 0 Å². The van der Waals surface area contributed by atoms with Gasteiger partial charge in [-0.05, 0) is 47.4 Å². The van der Waals surface area contributed by atoms with Gasteiger partial charge in [0.1, 0.15) is 23.9 Å². The average Bonchev–Trinajstić information content (AvgIpc) is 2.77. The quantitative estimate of drug-likeness (QED) is 0.523. The summed E-state index contributed by atoms with van der Waals surface area (Å²) in [6.07, 6.45) is 0. The van der Waals surface area contributed by atoms with Crippen LogP contribution < -0.4 is 19.5 Å². The third-order valence-electron chi connectivity index (χ3n) is 4.98. The van der Waals surface area contributed by atoms with Gasteiger partial charge in [0.15, 0.2) is 0 Å². The maximum absolute atomic E-state index is 12.8. The minimum Gasteiger partial charge on any atom is -0.496 e. The molecule has 0 radical (unpaired) electrons. The van der Waals surface area contributed by atoms with Gasteiger partial charge in [0.2, 0.25) is 0 Å². The summed E-state index contributed by atoms with van der Waals surface area (Å²) in [5.41, 5.74) is 2.99. The molecule has 3 rings (SSSR count). The Morgan fingerprint density at radius 2 is 1.48 bits per heavy atom. The number of hydrogen-bond donors (Lipinski definition) is 1. The van der Waals surface area contributed by atoms with Crippen LogP contribution in [-0.2, 0) is 12.0 Å². The Hall–Kier alpha value is -3.47. The van der Waals surface area contributed by atoms with Gasteiger partial charge in [-0.15, -0.1) is 0 Å². The Labute approximate surface area is 184 Å². The molecule has 5 heteroatoms. The lowest BCUT2D eigenvalue weighted by Gasteiger charge is -2.23. The molecule has 0 atom stereocenters. The van der Waals surface area contributed by atoms with Gasteiger partial charge in [-0.25, -0.2) is 0 Å². The highest BCUT2D eigenvalue weighted by Crippen LogP contribution is 2.32. The van der Waals surface area contributed by atoms with E-state index in [9.17, 15) is 4.79 Å². The van der Waals surface area contributed by atoms with Crippen LogP contribution in [0.2, 0.25) is 0 Å². The number of ether oxygens (including phenoxy) is 3. The highest BCUT2D eigenvalue weighted by atomic mass is 16.5. The summed E-state index contributed by atoms with van der Waals surface area (Å²) in [5.74, 6) is 1.86. The number of hydrogen-bond acceptors (Lipinski definition) is 4. The molecule has 5 nitrogen and oxygen atoms in total. The molecule has 0 aliphatic heterocycles. The summed E-state index contributed by atoms with van der Waals surface area (Å²) in [6.45, 7) is 6.74. The van der Waals surface area contributed by atoms with E-state index in [2.05, 4.69) is 32.2 Å². The maximum Gasteiger partial charge on any atom is 0.255 e. The molecule has 3 aromatic carbocycles. The monoisotopic (exact) mass is 419 g/mol. The van der Waals surface area contributed by atoms with Crippen LogP contribution in [-0.4, -0.2) is 20.1 Å². The van der Waals surface area contributed by atoms with Crippen molar-refractivity contribution in [3.05, 3.63) is 83.4 Å². The zero-order valence-corrected chi connectivity index (χ0v) is 18.7. The molecule has 0 aliphatic carbocycles. The van der Waals surface area contributed by atoms with Gasteiger partial charge < -0.3 is 19.5 Å². The molecule has 0 bridgehead atoms. The zero-order chi connectivity index (χ0) is 22.4.